The van der Waals surface area contributed by atoms with Crippen LogP contribution < -0.4 is 11.1 Å². The molecule has 2 fully saturated rings. The molecule has 1 aliphatic heterocycles. The predicted molar refractivity (Wildman–Crippen MR) is 135 cm³/mol. The minimum absolute atomic E-state index is 0.0425. The number of nitrogens with zero attached hydrogens (tertiary/aromatic N) is 5. The third-order valence-corrected chi connectivity index (χ3v) is 7.04. The summed E-state index contributed by atoms with van der Waals surface area (Å²) in [4.78, 5) is 30.3. The van der Waals surface area contributed by atoms with Crippen molar-refractivity contribution in [2.75, 3.05) is 32.6 Å². The summed E-state index contributed by atoms with van der Waals surface area (Å²) in [6.07, 6.45) is 4.47. The Balaban J connectivity index is 1.58. The zero-order chi connectivity index (χ0) is 28.0. The van der Waals surface area contributed by atoms with E-state index in [4.69, 9.17) is 10.5 Å². The van der Waals surface area contributed by atoms with Crippen LogP contribution in [0.1, 0.15) is 53.0 Å². The third kappa shape index (κ3) is 4.40. The predicted octanol–water partition coefficient (Wildman–Crippen LogP) is 2.50. The van der Waals surface area contributed by atoms with Gasteiger partial charge in [-0.3, -0.25) is 9.59 Å². The van der Waals surface area contributed by atoms with Gasteiger partial charge in [0, 0.05) is 26.7 Å². The first-order valence-corrected chi connectivity index (χ1v) is 12.3. The SMILES string of the molecule is C=CC(=O)N1CC(n2nc(C#Cc3c(F)c(F)c4c(ncn4C4CC4)c3F)c(C(N)=O)c2NC)C[C@@H]1COC. The molecule has 0 spiro atoms. The monoisotopic (exact) mass is 541 g/mol. The first-order valence-electron chi connectivity index (χ1n) is 12.3. The number of nitrogens with one attached hydrogen (secondary N) is 1. The number of carbonyl (C=O) groups is 2. The summed E-state index contributed by atoms with van der Waals surface area (Å²) in [5.74, 6) is 0.0242. The van der Waals surface area contributed by atoms with Gasteiger partial charge in [0.15, 0.2) is 23.1 Å². The molecular weight excluding hydrogens is 515 g/mol. The number of primary amides is 1. The number of methoxy groups -OCH3 is 1. The Morgan fingerprint density at radius 3 is 2.59 bits per heavy atom. The van der Waals surface area contributed by atoms with Crippen molar-refractivity contribution in [1.82, 2.24) is 24.2 Å². The average Bonchev–Trinajstić information content (AvgIpc) is 3.35. The quantitative estimate of drug-likeness (QED) is 0.270. The molecule has 2 aromatic heterocycles. The normalized spacial score (nSPS) is 18.7. The van der Waals surface area contributed by atoms with Crippen LogP contribution >= 0.6 is 0 Å². The second-order valence-electron chi connectivity index (χ2n) is 9.47. The number of amides is 2. The van der Waals surface area contributed by atoms with Crippen LogP contribution in [0.3, 0.4) is 0 Å². The van der Waals surface area contributed by atoms with Gasteiger partial charge in [0.2, 0.25) is 5.91 Å². The third-order valence-electron chi connectivity index (χ3n) is 7.04. The van der Waals surface area contributed by atoms with Crippen LogP contribution in [0, 0.1) is 29.3 Å². The summed E-state index contributed by atoms with van der Waals surface area (Å²) >= 11 is 0. The highest BCUT2D eigenvalue weighted by Crippen LogP contribution is 2.39. The van der Waals surface area contributed by atoms with E-state index in [9.17, 15) is 14.0 Å². The van der Waals surface area contributed by atoms with Gasteiger partial charge >= 0.3 is 0 Å². The van der Waals surface area contributed by atoms with Crippen LogP contribution in [-0.4, -0.2) is 69.4 Å². The lowest BCUT2D eigenvalue weighted by Gasteiger charge is -2.22. The van der Waals surface area contributed by atoms with Crippen molar-refractivity contribution < 1.29 is 27.5 Å². The molecule has 3 aromatic rings. The van der Waals surface area contributed by atoms with E-state index in [1.807, 2.05) is 0 Å². The Kier molecular flexibility index (Phi) is 6.82. The average molecular weight is 542 g/mol. The molecule has 1 unspecified atom stereocenters. The van der Waals surface area contributed by atoms with E-state index < -0.39 is 35.0 Å². The van der Waals surface area contributed by atoms with Crippen molar-refractivity contribution in [2.45, 2.75) is 37.4 Å². The van der Waals surface area contributed by atoms with Gasteiger partial charge in [0.05, 0.1) is 25.0 Å². The van der Waals surface area contributed by atoms with E-state index in [-0.39, 0.29) is 59.3 Å². The molecule has 13 heteroatoms. The lowest BCUT2D eigenvalue weighted by atomic mass is 10.1. The van der Waals surface area contributed by atoms with Crippen LogP contribution in [0.4, 0.5) is 19.0 Å². The molecule has 2 atom stereocenters. The Hall–Kier alpha value is -4.31. The lowest BCUT2D eigenvalue weighted by molar-refractivity contribution is -0.127. The highest BCUT2D eigenvalue weighted by atomic mass is 19.2. The highest BCUT2D eigenvalue weighted by Gasteiger charge is 2.38. The van der Waals surface area contributed by atoms with Crippen molar-refractivity contribution in [1.29, 1.82) is 0 Å². The molecule has 1 aliphatic carbocycles. The van der Waals surface area contributed by atoms with Gasteiger partial charge in [0.25, 0.3) is 5.91 Å². The van der Waals surface area contributed by atoms with Gasteiger partial charge in [0.1, 0.15) is 28.0 Å². The smallest absolute Gasteiger partial charge is 0.255 e. The number of likely N-dealkylation sites (tertiary alicyclic amines) is 1. The molecule has 1 aromatic carbocycles. The number of hydrogen-bond acceptors (Lipinski definition) is 6. The fraction of sp³-hybridized carbons (Fsp3) is 0.385. The number of imidazole rings is 1. The van der Waals surface area contributed by atoms with E-state index in [2.05, 4.69) is 33.8 Å². The summed E-state index contributed by atoms with van der Waals surface area (Å²) in [6.45, 7) is 4.04. The topological polar surface area (TPSA) is 120 Å². The molecule has 0 bridgehead atoms. The number of nitrogens with two attached hydrogens (primary N) is 1. The molecule has 3 N–H and O–H groups in total. The molecule has 1 saturated carbocycles. The zero-order valence-corrected chi connectivity index (χ0v) is 21.3. The minimum Gasteiger partial charge on any atom is -0.383 e. The Bertz CT molecular complexity index is 1560. The number of anilines is 1. The van der Waals surface area contributed by atoms with Crippen molar-refractivity contribution in [3.63, 3.8) is 0 Å². The van der Waals surface area contributed by atoms with Crippen molar-refractivity contribution in [3.8, 4) is 11.8 Å². The van der Waals surface area contributed by atoms with Crippen LogP contribution in [-0.2, 0) is 9.53 Å². The lowest BCUT2D eigenvalue weighted by Crippen LogP contribution is -2.37. The molecular formula is C26H26F3N7O3. The number of rotatable bonds is 7. The number of halogens is 3. The van der Waals surface area contributed by atoms with E-state index >= 15 is 8.78 Å². The highest BCUT2D eigenvalue weighted by molar-refractivity contribution is 6.00. The van der Waals surface area contributed by atoms with Gasteiger partial charge in [-0.15, -0.1) is 0 Å². The van der Waals surface area contributed by atoms with Crippen molar-refractivity contribution in [3.05, 3.63) is 53.3 Å². The summed E-state index contributed by atoms with van der Waals surface area (Å²) in [7, 11) is 3.06. The van der Waals surface area contributed by atoms with E-state index in [0.717, 1.165) is 12.8 Å². The summed E-state index contributed by atoms with van der Waals surface area (Å²) in [5.41, 5.74) is 3.94. The number of fused-ring (bicyclic) bond motifs is 1. The van der Waals surface area contributed by atoms with E-state index in [1.54, 1.807) is 11.9 Å². The van der Waals surface area contributed by atoms with Crippen LogP contribution in [0.2, 0.25) is 0 Å². The van der Waals surface area contributed by atoms with Crippen LogP contribution in [0.25, 0.3) is 11.0 Å². The van der Waals surface area contributed by atoms with Gasteiger partial charge in [-0.05, 0) is 31.3 Å². The van der Waals surface area contributed by atoms with Crippen LogP contribution in [0.15, 0.2) is 19.0 Å². The summed E-state index contributed by atoms with van der Waals surface area (Å²) in [6, 6.07) is -0.725. The van der Waals surface area contributed by atoms with Gasteiger partial charge in [-0.2, -0.15) is 5.10 Å². The van der Waals surface area contributed by atoms with E-state index in [0.29, 0.717) is 6.42 Å². The minimum atomic E-state index is -1.46. The Morgan fingerprint density at radius 1 is 1.23 bits per heavy atom. The number of aromatic nitrogens is 4. The molecule has 3 heterocycles. The second-order valence-corrected chi connectivity index (χ2v) is 9.47. The number of carbonyl (C=O) groups excluding carboxylic acids is 2. The van der Waals surface area contributed by atoms with Gasteiger partial charge in [-0.1, -0.05) is 12.5 Å². The molecule has 39 heavy (non-hydrogen) atoms. The Morgan fingerprint density at radius 2 is 1.97 bits per heavy atom. The largest absolute Gasteiger partial charge is 0.383 e. The second kappa shape index (κ2) is 10.1. The first kappa shape index (κ1) is 26.3. The van der Waals surface area contributed by atoms with Crippen LogP contribution in [0.5, 0.6) is 0 Å². The maximum absolute atomic E-state index is 15.3. The standard InChI is InChI=1S/C26H26F3N7O3/c1-4-18(37)34-10-14(9-15(34)11-39-3)36-26(31-2)19(25(30)38)17(33-36)8-7-16-20(27)22(29)24-23(21(16)28)32-12-35(24)13-5-6-13/h4,12-15,31H,1,5-6,9-11H2,2-3H3,(H2,30,38)/t14?,15-/m1/s1. The number of benzene rings is 1. The first-order chi connectivity index (χ1) is 18.7. The summed E-state index contributed by atoms with van der Waals surface area (Å²) < 4.78 is 53.4. The number of hydrogen-bond donors (Lipinski definition) is 2. The Labute approximate surface area is 221 Å². The van der Waals surface area contributed by atoms with E-state index in [1.165, 1.54) is 28.8 Å². The maximum atomic E-state index is 15.3. The molecule has 10 nitrogen and oxygen atoms in total. The molecule has 1 saturated heterocycles. The van der Waals surface area contributed by atoms with Crippen molar-refractivity contribution >= 4 is 28.7 Å². The fourth-order valence-electron chi connectivity index (χ4n) is 5.09. The van der Waals surface area contributed by atoms with Gasteiger partial charge < -0.3 is 25.3 Å². The number of ether oxygens (including phenoxy) is 1. The summed E-state index contributed by atoms with van der Waals surface area (Å²) in [5, 5.41) is 7.29. The maximum Gasteiger partial charge on any atom is 0.255 e. The molecule has 5 rings (SSSR count). The molecule has 2 amide bonds. The zero-order valence-electron chi connectivity index (χ0n) is 21.3. The molecule has 204 valence electrons. The van der Waals surface area contributed by atoms with Gasteiger partial charge in [-0.25, -0.2) is 22.8 Å². The fourth-order valence-corrected chi connectivity index (χ4v) is 5.09. The van der Waals surface area contributed by atoms with Crippen molar-refractivity contribution in [2.24, 2.45) is 5.73 Å². The molecule has 0 radical (unpaired) electrons. The molecule has 2 aliphatic rings.